The summed E-state index contributed by atoms with van der Waals surface area (Å²) in [6.07, 6.45) is 2.81. The number of nitrogens with zero attached hydrogens (tertiary/aromatic N) is 6. The highest BCUT2D eigenvalue weighted by atomic mass is 35.5. The van der Waals surface area contributed by atoms with Crippen molar-refractivity contribution in [3.8, 4) is 5.95 Å². The molecule has 0 bridgehead atoms. The van der Waals surface area contributed by atoms with Crippen molar-refractivity contribution in [1.82, 2.24) is 29.7 Å². The van der Waals surface area contributed by atoms with E-state index in [2.05, 4.69) is 30.4 Å². The number of benzene rings is 1. The van der Waals surface area contributed by atoms with Crippen molar-refractivity contribution in [2.75, 3.05) is 5.32 Å². The average molecular weight is 343 g/mol. The molecule has 0 atom stereocenters. The van der Waals surface area contributed by atoms with E-state index in [0.29, 0.717) is 15.7 Å². The monoisotopic (exact) mass is 341 g/mol. The molecule has 10 heteroatoms. The summed E-state index contributed by atoms with van der Waals surface area (Å²) in [7, 11) is 0. The van der Waals surface area contributed by atoms with Crippen LogP contribution in [0.25, 0.3) is 5.95 Å². The summed E-state index contributed by atoms with van der Waals surface area (Å²) in [5.41, 5.74) is 0.552. The minimum Gasteiger partial charge on any atom is -0.323 e. The predicted molar refractivity (Wildman–Crippen MR) is 79.5 cm³/mol. The molecular weight excluding hydrogens is 337 g/mol. The van der Waals surface area contributed by atoms with Gasteiger partial charge in [0.2, 0.25) is 11.2 Å². The van der Waals surface area contributed by atoms with Crippen molar-refractivity contribution < 1.29 is 0 Å². The second-order valence-electron chi connectivity index (χ2n) is 3.79. The molecular formula is C11H6Cl3N7. The maximum atomic E-state index is 6.10. The number of hydrogen-bond acceptors (Lipinski definition) is 6. The maximum Gasteiger partial charge on any atom is 0.258 e. The summed E-state index contributed by atoms with van der Waals surface area (Å²) in [6, 6.07) is 5.16. The Morgan fingerprint density at radius 3 is 2.67 bits per heavy atom. The minimum absolute atomic E-state index is 0.0103. The molecule has 0 unspecified atom stereocenters. The van der Waals surface area contributed by atoms with Crippen LogP contribution in [0.4, 0.5) is 11.6 Å². The molecule has 2 aromatic heterocycles. The molecule has 0 aliphatic heterocycles. The first-order chi connectivity index (χ1) is 10.1. The zero-order valence-corrected chi connectivity index (χ0v) is 12.5. The van der Waals surface area contributed by atoms with Gasteiger partial charge >= 0.3 is 0 Å². The maximum absolute atomic E-state index is 6.10. The summed E-state index contributed by atoms with van der Waals surface area (Å²) in [4.78, 5) is 15.9. The molecule has 7 nitrogen and oxygen atoms in total. The van der Waals surface area contributed by atoms with Crippen molar-refractivity contribution in [3.05, 3.63) is 46.2 Å². The Morgan fingerprint density at radius 1 is 1.05 bits per heavy atom. The lowest BCUT2D eigenvalue weighted by molar-refractivity contribution is 0.796. The van der Waals surface area contributed by atoms with E-state index in [0.717, 1.165) is 0 Å². The molecule has 3 rings (SSSR count). The first kappa shape index (κ1) is 14.0. The molecule has 0 radical (unpaired) electrons. The second kappa shape index (κ2) is 5.80. The Kier molecular flexibility index (Phi) is 3.87. The summed E-state index contributed by atoms with van der Waals surface area (Å²) >= 11 is 17.9. The van der Waals surface area contributed by atoms with Gasteiger partial charge in [-0.25, -0.2) is 4.98 Å². The Hall–Kier alpha value is -1.96. The van der Waals surface area contributed by atoms with E-state index in [1.54, 1.807) is 18.2 Å². The van der Waals surface area contributed by atoms with Crippen molar-refractivity contribution in [3.63, 3.8) is 0 Å². The third-order valence-electron chi connectivity index (χ3n) is 2.42. The highest BCUT2D eigenvalue weighted by molar-refractivity contribution is 6.43. The van der Waals surface area contributed by atoms with Crippen LogP contribution < -0.4 is 5.32 Å². The molecule has 3 aromatic rings. The lowest BCUT2D eigenvalue weighted by atomic mass is 10.3. The normalized spacial score (nSPS) is 10.6. The Labute approximate surface area is 133 Å². The van der Waals surface area contributed by atoms with E-state index >= 15 is 0 Å². The van der Waals surface area contributed by atoms with Gasteiger partial charge < -0.3 is 5.32 Å². The van der Waals surface area contributed by atoms with E-state index in [1.165, 1.54) is 17.3 Å². The molecule has 106 valence electrons. The summed E-state index contributed by atoms with van der Waals surface area (Å²) < 4.78 is 1.36. The number of rotatable bonds is 3. The van der Waals surface area contributed by atoms with E-state index < -0.39 is 0 Å². The summed E-state index contributed by atoms with van der Waals surface area (Å²) in [5.74, 6) is 0.442. The first-order valence-corrected chi connectivity index (χ1v) is 6.74. The molecule has 0 saturated carbocycles. The van der Waals surface area contributed by atoms with E-state index in [1.807, 2.05) is 0 Å². The fourth-order valence-electron chi connectivity index (χ4n) is 1.53. The smallest absolute Gasteiger partial charge is 0.258 e. The molecule has 0 fully saturated rings. The number of hydrogen-bond donors (Lipinski definition) is 1. The molecule has 1 N–H and O–H groups in total. The van der Waals surface area contributed by atoms with Gasteiger partial charge in [-0.05, 0) is 23.7 Å². The van der Waals surface area contributed by atoms with Crippen LogP contribution >= 0.6 is 34.8 Å². The molecule has 2 heterocycles. The van der Waals surface area contributed by atoms with E-state index in [9.17, 15) is 0 Å². The zero-order valence-electron chi connectivity index (χ0n) is 10.2. The third kappa shape index (κ3) is 3.05. The lowest BCUT2D eigenvalue weighted by Gasteiger charge is -2.08. The largest absolute Gasteiger partial charge is 0.323 e. The Balaban J connectivity index is 1.98. The highest BCUT2D eigenvalue weighted by Crippen LogP contribution is 2.31. The van der Waals surface area contributed by atoms with Crippen LogP contribution in [0.1, 0.15) is 0 Å². The molecule has 21 heavy (non-hydrogen) atoms. The van der Waals surface area contributed by atoms with Gasteiger partial charge in [-0.2, -0.15) is 24.7 Å². The van der Waals surface area contributed by atoms with Gasteiger partial charge in [0.25, 0.3) is 5.95 Å². The predicted octanol–water partition coefficient (Wildman–Crippen LogP) is 3.16. The number of nitrogens with one attached hydrogen (secondary N) is 1. The Morgan fingerprint density at radius 2 is 1.90 bits per heavy atom. The number of anilines is 2. The SMILES string of the molecule is Clc1nc(Nc2cccc(Cl)c2Cl)nc(-n2cncn2)n1. The van der Waals surface area contributed by atoms with Gasteiger partial charge in [-0.15, -0.1) is 0 Å². The van der Waals surface area contributed by atoms with Crippen LogP contribution in [0.2, 0.25) is 15.3 Å². The van der Waals surface area contributed by atoms with Crippen LogP contribution in [0.5, 0.6) is 0 Å². The fraction of sp³-hybridized carbons (Fsp3) is 0. The topological polar surface area (TPSA) is 81.4 Å². The standard InChI is InChI=1S/C11H6Cl3N7/c12-6-2-1-3-7(8(6)13)17-10-18-9(14)19-11(20-10)21-5-15-4-16-21/h1-5H,(H,17,18,19,20). The molecule has 0 aliphatic rings. The summed E-state index contributed by atoms with van der Waals surface area (Å²) in [5, 5.41) is 7.64. The minimum atomic E-state index is 0.0103. The van der Waals surface area contributed by atoms with Gasteiger partial charge in [0.05, 0.1) is 15.7 Å². The van der Waals surface area contributed by atoms with Crippen molar-refractivity contribution in [2.24, 2.45) is 0 Å². The van der Waals surface area contributed by atoms with Crippen LogP contribution in [-0.2, 0) is 0 Å². The third-order valence-corrected chi connectivity index (χ3v) is 3.41. The summed E-state index contributed by atoms with van der Waals surface area (Å²) in [6.45, 7) is 0. The fourth-order valence-corrected chi connectivity index (χ4v) is 2.03. The molecule has 0 spiro atoms. The van der Waals surface area contributed by atoms with E-state index in [4.69, 9.17) is 34.8 Å². The van der Waals surface area contributed by atoms with E-state index in [-0.39, 0.29) is 17.2 Å². The van der Waals surface area contributed by atoms with Crippen molar-refractivity contribution in [2.45, 2.75) is 0 Å². The molecule has 0 amide bonds. The van der Waals surface area contributed by atoms with Crippen LogP contribution in [0.15, 0.2) is 30.9 Å². The number of halogens is 3. The molecule has 1 aromatic carbocycles. The van der Waals surface area contributed by atoms with Crippen molar-refractivity contribution in [1.29, 1.82) is 0 Å². The second-order valence-corrected chi connectivity index (χ2v) is 4.92. The van der Waals surface area contributed by atoms with Gasteiger partial charge in [0.1, 0.15) is 12.7 Å². The van der Waals surface area contributed by atoms with Crippen LogP contribution in [0, 0.1) is 0 Å². The van der Waals surface area contributed by atoms with Crippen LogP contribution in [-0.4, -0.2) is 29.7 Å². The molecule has 0 aliphatic carbocycles. The first-order valence-electron chi connectivity index (χ1n) is 5.61. The molecule has 0 saturated heterocycles. The average Bonchev–Trinajstić information content (AvgIpc) is 2.97. The number of aromatic nitrogens is 6. The van der Waals surface area contributed by atoms with Gasteiger partial charge in [-0.1, -0.05) is 29.3 Å². The quantitative estimate of drug-likeness (QED) is 0.787. The van der Waals surface area contributed by atoms with Gasteiger partial charge in [0.15, 0.2) is 0 Å². The van der Waals surface area contributed by atoms with Crippen molar-refractivity contribution >= 4 is 46.4 Å². The van der Waals surface area contributed by atoms with Crippen LogP contribution in [0.3, 0.4) is 0 Å². The highest BCUT2D eigenvalue weighted by Gasteiger charge is 2.10. The zero-order chi connectivity index (χ0) is 14.8. The van der Waals surface area contributed by atoms with Gasteiger partial charge in [0, 0.05) is 0 Å². The lowest BCUT2D eigenvalue weighted by Crippen LogP contribution is -2.07. The van der Waals surface area contributed by atoms with Gasteiger partial charge in [-0.3, -0.25) is 0 Å². The Bertz CT molecular complexity index is 775.